The van der Waals surface area contributed by atoms with Crippen LogP contribution in [-0.2, 0) is 87.4 Å². The molecule has 1 aromatic carbocycles. The Balaban J connectivity index is 2.03. The summed E-state index contributed by atoms with van der Waals surface area (Å²) >= 11 is 0. The fourth-order valence-electron chi connectivity index (χ4n) is 6.83. The molecule has 0 saturated heterocycles. The van der Waals surface area contributed by atoms with Crippen LogP contribution in [0, 0.1) is 11.8 Å². The molecule has 2 rings (SSSR count). The molecule has 11 atom stereocenters. The van der Waals surface area contributed by atoms with E-state index in [1.807, 2.05) is 42.5 Å². The molecule has 0 aliphatic heterocycles. The molecule has 0 bridgehead atoms. The molecular formula is C47H68O19. The van der Waals surface area contributed by atoms with Crippen molar-refractivity contribution in [1.29, 1.82) is 0 Å². The van der Waals surface area contributed by atoms with Gasteiger partial charge in [-0.2, -0.15) is 0 Å². The molecule has 1 fully saturated rings. The van der Waals surface area contributed by atoms with Gasteiger partial charge in [-0.3, -0.25) is 9.59 Å². The molecule has 19 heteroatoms. The van der Waals surface area contributed by atoms with Crippen LogP contribution in [0.25, 0.3) is 0 Å². The van der Waals surface area contributed by atoms with Gasteiger partial charge in [-0.25, -0.2) is 28.8 Å². The Morgan fingerprint density at radius 2 is 1.14 bits per heavy atom. The third-order valence-electron chi connectivity index (χ3n) is 10.4. The summed E-state index contributed by atoms with van der Waals surface area (Å²) in [7, 11) is 1.31. The minimum absolute atomic E-state index is 0.114. The van der Waals surface area contributed by atoms with Crippen LogP contribution in [0.5, 0.6) is 0 Å². The number of aliphatic hydroxyl groups excluding tert-OH is 1. The molecule has 1 aromatic rings. The number of aliphatic hydroxyl groups is 1. The van der Waals surface area contributed by atoms with Gasteiger partial charge in [-0.1, -0.05) is 42.5 Å². The first-order valence-corrected chi connectivity index (χ1v) is 22.3. The van der Waals surface area contributed by atoms with Crippen LogP contribution < -0.4 is 0 Å². The van der Waals surface area contributed by atoms with E-state index < -0.39 is 103 Å². The standard InChI is InChI=1S/C47H68O19/c1-27(2)58-41(50)21-17-12-11-16-20-37-38(25-24-36(49)23-22-35-18-14-13-15-19-35)40(26-39(37)64-33(8)48)66-47(56)63-32(7)45(54)61-30(5)43(52)59-28(3)42(51)60-29(4)44(53)62-31(6)46(55)65-34(9)57-10/h11,13-16,18-19,27-32,34,36-40,49H,12,17,20-26H2,1-10H3/b16-11-/t28?,29?,30?,31?,32?,34?,36-,37+,38+,39-,40+/m0/s1. The van der Waals surface area contributed by atoms with E-state index in [1.54, 1.807) is 13.8 Å². The Hall–Kier alpha value is -5.56. The summed E-state index contributed by atoms with van der Waals surface area (Å²) in [5.74, 6) is -7.03. The van der Waals surface area contributed by atoms with Gasteiger partial charge in [0.25, 0.3) is 0 Å². The Bertz CT molecular complexity index is 1760. The molecule has 0 spiro atoms. The Morgan fingerprint density at radius 3 is 1.64 bits per heavy atom. The lowest BCUT2D eigenvalue weighted by Crippen LogP contribution is -2.39. The van der Waals surface area contributed by atoms with Crippen LogP contribution >= 0.6 is 0 Å². The van der Waals surface area contributed by atoms with Crippen LogP contribution in [0.4, 0.5) is 4.79 Å². The van der Waals surface area contributed by atoms with Crippen molar-refractivity contribution in [3.05, 3.63) is 48.0 Å². The zero-order chi connectivity index (χ0) is 49.5. The normalized spacial score (nSPS) is 20.1. The maximum atomic E-state index is 13.2. The number of benzene rings is 1. The number of esters is 7. The zero-order valence-electron chi connectivity index (χ0n) is 39.6. The summed E-state index contributed by atoms with van der Waals surface area (Å²) in [6.07, 6.45) is -4.47. The lowest BCUT2D eigenvalue weighted by Gasteiger charge is -2.26. The largest absolute Gasteiger partial charge is 0.509 e. The first-order valence-electron chi connectivity index (χ1n) is 22.3. The Morgan fingerprint density at radius 1 is 0.636 bits per heavy atom. The first-order chi connectivity index (χ1) is 31.1. The number of hydrogen-bond acceptors (Lipinski definition) is 19. The smallest absolute Gasteiger partial charge is 0.463 e. The fourth-order valence-corrected chi connectivity index (χ4v) is 6.83. The van der Waals surface area contributed by atoms with E-state index in [0.717, 1.165) is 19.4 Å². The number of allylic oxidation sites excluding steroid dienone is 2. The molecule has 1 aliphatic carbocycles. The van der Waals surface area contributed by atoms with Crippen molar-refractivity contribution in [3.8, 4) is 0 Å². The number of carbonyl (C=O) groups excluding carboxylic acids is 8. The van der Waals surface area contributed by atoms with Gasteiger partial charge in [-0.15, -0.1) is 0 Å². The second kappa shape index (κ2) is 29.2. The van der Waals surface area contributed by atoms with E-state index in [2.05, 4.69) is 0 Å². The Labute approximate surface area is 386 Å². The number of rotatable bonds is 27. The second-order valence-corrected chi connectivity index (χ2v) is 16.3. The van der Waals surface area contributed by atoms with E-state index in [1.165, 1.54) is 41.7 Å². The van der Waals surface area contributed by atoms with Gasteiger partial charge >= 0.3 is 47.9 Å². The Kier molecular flexibility index (Phi) is 25.0. The molecule has 0 aromatic heterocycles. The molecule has 0 radical (unpaired) electrons. The van der Waals surface area contributed by atoms with Crippen molar-refractivity contribution in [2.75, 3.05) is 7.11 Å². The summed E-state index contributed by atoms with van der Waals surface area (Å²) in [4.78, 5) is 100. The number of hydrogen-bond donors (Lipinski definition) is 1. The minimum Gasteiger partial charge on any atom is -0.463 e. The predicted molar refractivity (Wildman–Crippen MR) is 232 cm³/mol. The van der Waals surface area contributed by atoms with Gasteiger partial charge in [0.2, 0.25) is 0 Å². The van der Waals surface area contributed by atoms with E-state index in [9.17, 15) is 43.5 Å². The van der Waals surface area contributed by atoms with E-state index in [-0.39, 0.29) is 30.8 Å². The number of aryl methyl sites for hydroxylation is 1. The number of unbranched alkanes of at least 4 members (excludes halogenated alkanes) is 1. The molecule has 1 saturated carbocycles. The summed E-state index contributed by atoms with van der Waals surface area (Å²) in [5, 5.41) is 11.0. The van der Waals surface area contributed by atoms with Crippen molar-refractivity contribution in [3.63, 3.8) is 0 Å². The zero-order valence-corrected chi connectivity index (χ0v) is 39.6. The summed E-state index contributed by atoms with van der Waals surface area (Å²) < 4.78 is 51.7. The third-order valence-corrected chi connectivity index (χ3v) is 10.4. The van der Waals surface area contributed by atoms with Gasteiger partial charge in [-0.05, 0) is 106 Å². The summed E-state index contributed by atoms with van der Waals surface area (Å²) in [6.45, 7) is 12.2. The highest BCUT2D eigenvalue weighted by Crippen LogP contribution is 2.42. The number of ether oxygens (including phenoxy) is 10. The average Bonchev–Trinajstić information content (AvgIpc) is 3.56. The summed E-state index contributed by atoms with van der Waals surface area (Å²) in [5.41, 5.74) is 1.07. The molecule has 0 amide bonds. The third kappa shape index (κ3) is 21.2. The van der Waals surface area contributed by atoms with Gasteiger partial charge in [0.15, 0.2) is 36.8 Å². The second-order valence-electron chi connectivity index (χ2n) is 16.3. The highest BCUT2D eigenvalue weighted by atomic mass is 16.7. The van der Waals surface area contributed by atoms with Crippen LogP contribution in [0.1, 0.15) is 119 Å². The fraction of sp³-hybridized carbons (Fsp3) is 0.660. The predicted octanol–water partition coefficient (Wildman–Crippen LogP) is 5.57. The lowest BCUT2D eigenvalue weighted by atomic mass is 9.85. The van der Waals surface area contributed by atoms with Crippen LogP contribution in [0.2, 0.25) is 0 Å². The van der Waals surface area contributed by atoms with Crippen molar-refractivity contribution in [2.45, 2.75) is 181 Å². The van der Waals surface area contributed by atoms with Gasteiger partial charge in [0.1, 0.15) is 12.2 Å². The topological polar surface area (TPSA) is 249 Å². The van der Waals surface area contributed by atoms with E-state index in [0.29, 0.717) is 44.9 Å². The lowest BCUT2D eigenvalue weighted by molar-refractivity contribution is -0.191. The van der Waals surface area contributed by atoms with Crippen molar-refractivity contribution >= 4 is 47.9 Å². The quantitative estimate of drug-likeness (QED) is 0.0372. The molecule has 1 aliphatic rings. The molecule has 66 heavy (non-hydrogen) atoms. The monoisotopic (exact) mass is 936 g/mol. The molecule has 6 unspecified atom stereocenters. The van der Waals surface area contributed by atoms with Gasteiger partial charge in [0.05, 0.1) is 12.2 Å². The van der Waals surface area contributed by atoms with Crippen LogP contribution in [-0.4, -0.2) is 121 Å². The van der Waals surface area contributed by atoms with Crippen LogP contribution in [0.3, 0.4) is 0 Å². The summed E-state index contributed by atoms with van der Waals surface area (Å²) in [6, 6.07) is 9.71. The van der Waals surface area contributed by atoms with Crippen molar-refractivity contribution in [1.82, 2.24) is 0 Å². The maximum Gasteiger partial charge on any atom is 0.509 e. The number of methoxy groups -OCH3 is 1. The van der Waals surface area contributed by atoms with E-state index in [4.69, 9.17) is 47.4 Å². The highest BCUT2D eigenvalue weighted by molar-refractivity contribution is 5.86. The number of carbonyl (C=O) groups is 8. The van der Waals surface area contributed by atoms with Gasteiger partial charge < -0.3 is 52.5 Å². The highest BCUT2D eigenvalue weighted by Gasteiger charge is 2.47. The minimum atomic E-state index is -1.60. The van der Waals surface area contributed by atoms with Crippen molar-refractivity contribution in [2.24, 2.45) is 11.8 Å². The maximum absolute atomic E-state index is 13.2. The molecule has 1 N–H and O–H groups in total. The first kappa shape index (κ1) is 56.6. The van der Waals surface area contributed by atoms with Crippen molar-refractivity contribution < 1.29 is 90.8 Å². The molecule has 19 nitrogen and oxygen atoms in total. The molecular weight excluding hydrogens is 868 g/mol. The van der Waals surface area contributed by atoms with E-state index >= 15 is 0 Å². The average molecular weight is 937 g/mol. The van der Waals surface area contributed by atoms with Crippen LogP contribution in [0.15, 0.2) is 42.5 Å². The SMILES string of the molecule is COC(C)OC(=O)C(C)OC(=O)C(C)OC(=O)C(C)OC(=O)C(C)OC(=O)C(C)OC(=O)O[C@@H]1C[C@H](OC(C)=O)[C@H](C/C=C\CCCC(=O)OC(C)C)[C@H]1CC[C@@H](O)CCc1ccccc1. The van der Waals surface area contributed by atoms with Gasteiger partial charge in [0, 0.05) is 38.7 Å². The molecule has 370 valence electrons. The molecule has 0 heterocycles.